The predicted molar refractivity (Wildman–Crippen MR) is 230 cm³/mol. The molecular weight excluding hydrogens is 665 g/mol. The van der Waals surface area contributed by atoms with Crippen molar-refractivity contribution >= 4 is 10.8 Å². The molecule has 2 heteroatoms. The topological polar surface area (TPSA) is 25.8 Å². The van der Waals surface area contributed by atoms with E-state index in [9.17, 15) is 0 Å². The van der Waals surface area contributed by atoms with Gasteiger partial charge in [-0.25, -0.2) is 9.97 Å². The van der Waals surface area contributed by atoms with E-state index in [0.717, 1.165) is 39.2 Å². The average Bonchev–Trinajstić information content (AvgIpc) is 3.48. The summed E-state index contributed by atoms with van der Waals surface area (Å²) in [7, 11) is 0. The predicted octanol–water partition coefficient (Wildman–Crippen LogP) is 13.9. The van der Waals surface area contributed by atoms with Crippen molar-refractivity contribution in [1.82, 2.24) is 9.97 Å². The van der Waals surface area contributed by atoms with Gasteiger partial charge in [0.05, 0.1) is 11.4 Å². The zero-order valence-corrected chi connectivity index (χ0v) is 30.9. The van der Waals surface area contributed by atoms with E-state index < -0.39 is 0 Å². The lowest BCUT2D eigenvalue weighted by Gasteiger charge is -2.22. The fourth-order valence-corrected chi connectivity index (χ4v) is 8.44. The summed E-state index contributed by atoms with van der Waals surface area (Å²) in [4.78, 5) is 10.4. The lowest BCUT2D eigenvalue weighted by atomic mass is 9.81. The SMILES string of the molecule is CC1(C)c2cc3ccccc3cc2-c2c(-c3cccc(-c4ccccc4-c4cc(-c5ccc(-c6ccccc6)cc5)nc(-c5ccccc5)n4)c3)cccc21. The first-order valence-electron chi connectivity index (χ1n) is 19.0. The Labute approximate surface area is 322 Å². The van der Waals surface area contributed by atoms with Crippen molar-refractivity contribution in [2.75, 3.05) is 0 Å². The Kier molecular flexibility index (Phi) is 7.85. The molecule has 0 aliphatic heterocycles. The molecule has 2 nitrogen and oxygen atoms in total. The molecule has 1 aliphatic carbocycles. The fourth-order valence-electron chi connectivity index (χ4n) is 8.44. The van der Waals surface area contributed by atoms with Gasteiger partial charge in [-0.1, -0.05) is 184 Å². The van der Waals surface area contributed by atoms with Gasteiger partial charge in [-0.05, 0) is 90.7 Å². The largest absolute Gasteiger partial charge is 0.228 e. The Balaban J connectivity index is 1.09. The van der Waals surface area contributed by atoms with Crippen molar-refractivity contribution in [1.29, 1.82) is 0 Å². The van der Waals surface area contributed by atoms with E-state index in [1.807, 2.05) is 24.3 Å². The first-order valence-corrected chi connectivity index (χ1v) is 19.0. The van der Waals surface area contributed by atoms with Crippen molar-refractivity contribution in [2.45, 2.75) is 19.3 Å². The van der Waals surface area contributed by atoms with Gasteiger partial charge in [0.1, 0.15) is 0 Å². The highest BCUT2D eigenvalue weighted by Crippen LogP contribution is 2.53. The summed E-state index contributed by atoms with van der Waals surface area (Å²) in [5.74, 6) is 0.706. The van der Waals surface area contributed by atoms with Gasteiger partial charge < -0.3 is 0 Å². The van der Waals surface area contributed by atoms with Crippen molar-refractivity contribution in [3.05, 3.63) is 205 Å². The summed E-state index contributed by atoms with van der Waals surface area (Å²) in [5.41, 5.74) is 17.3. The van der Waals surface area contributed by atoms with Gasteiger partial charge in [0.25, 0.3) is 0 Å². The summed E-state index contributed by atoms with van der Waals surface area (Å²) in [5, 5.41) is 2.56. The van der Waals surface area contributed by atoms with Gasteiger partial charge in [0, 0.05) is 22.1 Å². The maximum absolute atomic E-state index is 5.23. The van der Waals surface area contributed by atoms with Crippen LogP contribution in [0.2, 0.25) is 0 Å². The van der Waals surface area contributed by atoms with E-state index in [1.54, 1.807) is 0 Å². The third-order valence-corrected chi connectivity index (χ3v) is 11.3. The lowest BCUT2D eigenvalue weighted by Crippen LogP contribution is -2.14. The molecule has 55 heavy (non-hydrogen) atoms. The summed E-state index contributed by atoms with van der Waals surface area (Å²) < 4.78 is 0. The summed E-state index contributed by atoms with van der Waals surface area (Å²) in [6, 6.07) is 69.6. The molecule has 0 radical (unpaired) electrons. The highest BCUT2D eigenvalue weighted by atomic mass is 14.9. The molecule has 10 rings (SSSR count). The van der Waals surface area contributed by atoms with Gasteiger partial charge in [-0.2, -0.15) is 0 Å². The number of rotatable bonds is 6. The average molecular weight is 703 g/mol. The van der Waals surface area contributed by atoms with E-state index in [2.05, 4.69) is 184 Å². The number of fused-ring (bicyclic) bond motifs is 4. The van der Waals surface area contributed by atoms with Crippen LogP contribution < -0.4 is 0 Å². The van der Waals surface area contributed by atoms with E-state index in [1.165, 1.54) is 55.3 Å². The number of aromatic nitrogens is 2. The second-order valence-electron chi connectivity index (χ2n) is 15.0. The van der Waals surface area contributed by atoms with Crippen LogP contribution in [0.4, 0.5) is 0 Å². The zero-order valence-electron chi connectivity index (χ0n) is 30.9. The van der Waals surface area contributed by atoms with Crippen molar-refractivity contribution in [3.63, 3.8) is 0 Å². The minimum atomic E-state index is -0.0992. The molecule has 0 fully saturated rings. The maximum atomic E-state index is 5.23. The molecule has 0 atom stereocenters. The van der Waals surface area contributed by atoms with E-state index in [0.29, 0.717) is 5.82 Å². The van der Waals surface area contributed by atoms with Crippen LogP contribution in [0.15, 0.2) is 194 Å². The molecular formula is C53H38N2. The van der Waals surface area contributed by atoms with Crippen LogP contribution in [0, 0.1) is 0 Å². The van der Waals surface area contributed by atoms with Crippen LogP contribution in [0.3, 0.4) is 0 Å². The number of hydrogen-bond acceptors (Lipinski definition) is 2. The van der Waals surface area contributed by atoms with E-state index >= 15 is 0 Å². The first-order chi connectivity index (χ1) is 27.0. The number of nitrogens with zero attached hydrogens (tertiary/aromatic N) is 2. The highest BCUT2D eigenvalue weighted by Gasteiger charge is 2.37. The summed E-state index contributed by atoms with van der Waals surface area (Å²) in [6.07, 6.45) is 0. The second kappa shape index (κ2) is 13.2. The number of benzene rings is 8. The molecule has 260 valence electrons. The van der Waals surface area contributed by atoms with Gasteiger partial charge in [-0.3, -0.25) is 0 Å². The van der Waals surface area contributed by atoms with Crippen molar-refractivity contribution in [3.8, 4) is 78.4 Å². The van der Waals surface area contributed by atoms with E-state index in [4.69, 9.17) is 9.97 Å². The molecule has 0 unspecified atom stereocenters. The Morgan fingerprint density at radius 1 is 0.327 bits per heavy atom. The Hall–Kier alpha value is -6.90. The Bertz CT molecular complexity index is 2870. The number of hydrogen-bond donors (Lipinski definition) is 0. The molecule has 0 amide bonds. The normalized spacial score (nSPS) is 12.7. The van der Waals surface area contributed by atoms with Gasteiger partial charge >= 0.3 is 0 Å². The molecule has 1 heterocycles. The zero-order chi connectivity index (χ0) is 36.9. The Morgan fingerprint density at radius 2 is 0.855 bits per heavy atom. The standard InChI is InChI=1S/C53H38N2/c1-53(2)47-26-14-25-44(51(47)46-32-39-19-9-10-20-40(39)33-48(46)53)42-22-13-21-41(31-42)43-23-11-12-24-45(43)50-34-49(54-52(55-50)38-17-7-4-8-18-38)37-29-27-36(28-30-37)35-15-5-3-6-16-35/h3-34H,1-2H3. The van der Waals surface area contributed by atoms with E-state index in [-0.39, 0.29) is 5.41 Å². The second-order valence-corrected chi connectivity index (χ2v) is 15.0. The molecule has 1 aliphatic rings. The monoisotopic (exact) mass is 702 g/mol. The third kappa shape index (κ3) is 5.75. The molecule has 0 N–H and O–H groups in total. The van der Waals surface area contributed by atoms with Crippen LogP contribution in [0.25, 0.3) is 89.2 Å². The van der Waals surface area contributed by atoms with Crippen LogP contribution in [0.5, 0.6) is 0 Å². The molecule has 0 saturated heterocycles. The molecule has 1 aromatic heterocycles. The molecule has 8 aromatic carbocycles. The molecule has 0 bridgehead atoms. The van der Waals surface area contributed by atoms with Crippen LogP contribution in [-0.2, 0) is 5.41 Å². The quantitative estimate of drug-likeness (QED) is 0.172. The third-order valence-electron chi connectivity index (χ3n) is 11.3. The molecule has 0 spiro atoms. The minimum absolute atomic E-state index is 0.0992. The summed E-state index contributed by atoms with van der Waals surface area (Å²) >= 11 is 0. The van der Waals surface area contributed by atoms with Crippen LogP contribution >= 0.6 is 0 Å². The maximum Gasteiger partial charge on any atom is 0.160 e. The van der Waals surface area contributed by atoms with Crippen molar-refractivity contribution in [2.24, 2.45) is 0 Å². The van der Waals surface area contributed by atoms with Crippen LogP contribution in [-0.4, -0.2) is 9.97 Å². The highest BCUT2D eigenvalue weighted by molar-refractivity contribution is 5.99. The molecule has 9 aromatic rings. The smallest absolute Gasteiger partial charge is 0.160 e. The lowest BCUT2D eigenvalue weighted by molar-refractivity contribution is 0.661. The first kappa shape index (κ1) is 32.7. The van der Waals surface area contributed by atoms with Crippen molar-refractivity contribution < 1.29 is 0 Å². The fraction of sp³-hybridized carbons (Fsp3) is 0.0566. The Morgan fingerprint density at radius 3 is 1.60 bits per heavy atom. The molecule has 0 saturated carbocycles. The van der Waals surface area contributed by atoms with Gasteiger partial charge in [0.2, 0.25) is 0 Å². The minimum Gasteiger partial charge on any atom is -0.228 e. The van der Waals surface area contributed by atoms with Crippen LogP contribution in [0.1, 0.15) is 25.0 Å². The summed E-state index contributed by atoms with van der Waals surface area (Å²) in [6.45, 7) is 4.72. The van der Waals surface area contributed by atoms with Gasteiger partial charge in [-0.15, -0.1) is 0 Å². The van der Waals surface area contributed by atoms with Gasteiger partial charge in [0.15, 0.2) is 5.82 Å².